The topological polar surface area (TPSA) is 54.5 Å². The zero-order valence-corrected chi connectivity index (χ0v) is 12.8. The van der Waals surface area contributed by atoms with Crippen LogP contribution in [0, 0.1) is 6.92 Å². The van der Waals surface area contributed by atoms with Gasteiger partial charge in [0.1, 0.15) is 11.0 Å². The maximum absolute atomic E-state index is 12.5. The highest BCUT2D eigenvalue weighted by atomic mass is 32.3. The fourth-order valence-electron chi connectivity index (χ4n) is 1.80. The molecule has 0 unspecified atom stereocenters. The quantitative estimate of drug-likeness (QED) is 0.785. The molecule has 19 heavy (non-hydrogen) atoms. The molecule has 1 aromatic rings. The van der Waals surface area contributed by atoms with Crippen LogP contribution in [0.4, 0.5) is 0 Å². The fourth-order valence-corrected chi connectivity index (χ4v) is 5.27. The zero-order chi connectivity index (χ0) is 14.2. The molecule has 0 fully saturated rings. The minimum Gasteiger partial charge on any atom is -0.241 e. The molecule has 6 heteroatoms. The van der Waals surface area contributed by atoms with Crippen molar-refractivity contribution >= 4 is 21.0 Å². The lowest BCUT2D eigenvalue weighted by molar-refractivity contribution is 0.537. The third kappa shape index (κ3) is 2.80. The maximum atomic E-state index is 12.5. The highest BCUT2D eigenvalue weighted by molar-refractivity contribution is 8.01. The Bertz CT molecular complexity index is 645. The Balaban J connectivity index is 2.41. The number of benzene rings is 1. The van der Waals surface area contributed by atoms with Crippen LogP contribution >= 0.6 is 0 Å². The Labute approximate surface area is 116 Å². The summed E-state index contributed by atoms with van der Waals surface area (Å²) in [5, 5.41) is 0. The summed E-state index contributed by atoms with van der Waals surface area (Å²) in [5.74, 6) is 0.289. The Morgan fingerprint density at radius 2 is 1.63 bits per heavy atom. The van der Waals surface area contributed by atoms with E-state index in [1.54, 1.807) is 24.3 Å². The molecule has 0 amide bonds. The summed E-state index contributed by atoms with van der Waals surface area (Å²) in [6.45, 7) is 5.87. The molecular weight excluding hydrogens is 282 g/mol. The summed E-state index contributed by atoms with van der Waals surface area (Å²) in [5.41, 5.74) is 2.97. The minimum absolute atomic E-state index is 0.193. The van der Waals surface area contributed by atoms with E-state index in [0.717, 1.165) is 20.4 Å². The lowest BCUT2D eigenvalue weighted by Crippen LogP contribution is -2.38. The molecule has 0 bridgehead atoms. The highest BCUT2D eigenvalue weighted by Crippen LogP contribution is 2.24. The van der Waals surface area contributed by atoms with Gasteiger partial charge in [-0.3, -0.25) is 0 Å². The Kier molecular flexibility index (Phi) is 3.94. The van der Waals surface area contributed by atoms with Crippen molar-refractivity contribution in [3.63, 3.8) is 0 Å². The standard InChI is InChI=1S/C13H17NO3S2/c1-10-4-6-13(7-5-10)19(16,17)14-8-11(2)12(3)9-18(14)15/h4-7H,8-9H2,1-3H3/t18-/m0/s1. The predicted molar refractivity (Wildman–Crippen MR) is 76.5 cm³/mol. The predicted octanol–water partition coefficient (Wildman–Crippen LogP) is 2.00. The second-order valence-electron chi connectivity index (χ2n) is 4.81. The molecular formula is C13H17NO3S2. The van der Waals surface area contributed by atoms with Gasteiger partial charge in [0.2, 0.25) is 0 Å². The molecule has 0 aromatic heterocycles. The van der Waals surface area contributed by atoms with Gasteiger partial charge in [-0.2, -0.15) is 0 Å². The van der Waals surface area contributed by atoms with Gasteiger partial charge in [0.05, 0.1) is 10.6 Å². The minimum atomic E-state index is -3.69. The first-order valence-corrected chi connectivity index (χ1v) is 8.67. The Hall–Kier alpha value is -0.980. The number of aryl methyl sites for hydroxylation is 1. The van der Waals surface area contributed by atoms with Gasteiger partial charge in [0, 0.05) is 6.54 Å². The average Bonchev–Trinajstić information content (AvgIpc) is 2.34. The summed E-state index contributed by atoms with van der Waals surface area (Å²) >= 11 is 0. The van der Waals surface area contributed by atoms with Gasteiger partial charge in [0.25, 0.3) is 10.0 Å². The molecule has 1 aliphatic rings. The number of nitrogens with zero attached hydrogens (tertiary/aromatic N) is 1. The molecule has 1 heterocycles. The Morgan fingerprint density at radius 3 is 2.21 bits per heavy atom. The van der Waals surface area contributed by atoms with E-state index in [9.17, 15) is 12.6 Å². The first-order chi connectivity index (χ1) is 8.82. The molecule has 0 N–H and O–H groups in total. The van der Waals surface area contributed by atoms with Crippen LogP contribution < -0.4 is 0 Å². The summed E-state index contributed by atoms with van der Waals surface area (Å²) in [6.07, 6.45) is 0. The van der Waals surface area contributed by atoms with Gasteiger partial charge in [-0.05, 0) is 32.9 Å². The van der Waals surface area contributed by atoms with Crippen LogP contribution in [0.3, 0.4) is 0 Å². The number of sulfonamides is 1. The number of hydrogen-bond acceptors (Lipinski definition) is 3. The highest BCUT2D eigenvalue weighted by Gasteiger charge is 2.32. The van der Waals surface area contributed by atoms with E-state index in [4.69, 9.17) is 0 Å². The molecule has 1 atom stereocenters. The Morgan fingerprint density at radius 1 is 1.05 bits per heavy atom. The lowest BCUT2D eigenvalue weighted by Gasteiger charge is -2.26. The molecule has 1 aliphatic heterocycles. The van der Waals surface area contributed by atoms with E-state index in [2.05, 4.69) is 0 Å². The first kappa shape index (κ1) is 14.4. The van der Waals surface area contributed by atoms with Crippen molar-refractivity contribution in [2.75, 3.05) is 12.3 Å². The van der Waals surface area contributed by atoms with Crippen LogP contribution in [0.2, 0.25) is 0 Å². The van der Waals surface area contributed by atoms with Crippen LogP contribution in [0.25, 0.3) is 0 Å². The molecule has 0 spiro atoms. The van der Waals surface area contributed by atoms with Crippen molar-refractivity contribution in [2.24, 2.45) is 0 Å². The van der Waals surface area contributed by atoms with Gasteiger partial charge in [-0.1, -0.05) is 28.8 Å². The van der Waals surface area contributed by atoms with E-state index in [-0.39, 0.29) is 17.2 Å². The second kappa shape index (κ2) is 5.19. The van der Waals surface area contributed by atoms with Crippen molar-refractivity contribution in [3.8, 4) is 0 Å². The number of hydrogen-bond donors (Lipinski definition) is 0. The van der Waals surface area contributed by atoms with Crippen LogP contribution in [0.5, 0.6) is 0 Å². The van der Waals surface area contributed by atoms with Crippen LogP contribution in [0.15, 0.2) is 40.3 Å². The molecule has 0 aliphatic carbocycles. The van der Waals surface area contributed by atoms with Crippen molar-refractivity contribution in [1.29, 1.82) is 0 Å². The van der Waals surface area contributed by atoms with E-state index >= 15 is 0 Å². The summed E-state index contributed by atoms with van der Waals surface area (Å²) in [7, 11) is -5.20. The summed E-state index contributed by atoms with van der Waals surface area (Å²) in [4.78, 5) is 0.193. The van der Waals surface area contributed by atoms with E-state index in [1.165, 1.54) is 0 Å². The third-order valence-corrected chi connectivity index (χ3v) is 7.13. The maximum Gasteiger partial charge on any atom is 0.254 e. The van der Waals surface area contributed by atoms with Crippen molar-refractivity contribution in [1.82, 2.24) is 3.71 Å². The molecule has 0 saturated carbocycles. The first-order valence-electron chi connectivity index (χ1n) is 5.95. The second-order valence-corrected chi connectivity index (χ2v) is 8.27. The molecule has 0 saturated heterocycles. The average molecular weight is 299 g/mol. The van der Waals surface area contributed by atoms with Crippen molar-refractivity contribution in [3.05, 3.63) is 41.0 Å². The van der Waals surface area contributed by atoms with Crippen molar-refractivity contribution in [2.45, 2.75) is 25.7 Å². The zero-order valence-electron chi connectivity index (χ0n) is 11.2. The summed E-state index contributed by atoms with van der Waals surface area (Å²) in [6, 6.07) is 6.60. The molecule has 104 valence electrons. The molecule has 2 rings (SSSR count). The normalized spacial score (nSPS) is 21.7. The van der Waals surface area contributed by atoms with Crippen LogP contribution in [-0.2, 0) is 21.0 Å². The third-order valence-electron chi connectivity index (χ3n) is 3.25. The molecule has 1 aromatic carbocycles. The van der Waals surface area contributed by atoms with Crippen LogP contribution in [-0.4, -0.2) is 28.6 Å². The van der Waals surface area contributed by atoms with Gasteiger partial charge in [-0.15, -0.1) is 3.71 Å². The van der Waals surface area contributed by atoms with Gasteiger partial charge in [0.15, 0.2) is 0 Å². The lowest BCUT2D eigenvalue weighted by atomic mass is 10.2. The van der Waals surface area contributed by atoms with Gasteiger partial charge in [-0.25, -0.2) is 12.6 Å². The van der Waals surface area contributed by atoms with Gasteiger partial charge >= 0.3 is 0 Å². The largest absolute Gasteiger partial charge is 0.254 e. The number of rotatable bonds is 2. The molecule has 0 radical (unpaired) electrons. The van der Waals surface area contributed by atoms with Crippen molar-refractivity contribution < 1.29 is 12.6 Å². The van der Waals surface area contributed by atoms with Crippen LogP contribution in [0.1, 0.15) is 19.4 Å². The molecule has 4 nitrogen and oxygen atoms in total. The van der Waals surface area contributed by atoms with Gasteiger partial charge < -0.3 is 0 Å². The van der Waals surface area contributed by atoms with E-state index in [0.29, 0.717) is 0 Å². The monoisotopic (exact) mass is 299 g/mol. The van der Waals surface area contributed by atoms with E-state index < -0.39 is 21.0 Å². The summed E-state index contributed by atoms with van der Waals surface area (Å²) < 4.78 is 38.1. The van der Waals surface area contributed by atoms with E-state index in [1.807, 2.05) is 20.8 Å². The smallest absolute Gasteiger partial charge is 0.241 e. The fraction of sp³-hybridized carbons (Fsp3) is 0.385. The SMILES string of the molecule is CC1=C(C)C[S@](=O)N(S(=O)(=O)c2ccc(C)cc2)C1.